The number of anilines is 1. The first-order chi connectivity index (χ1) is 10.8. The number of nitrogens with zero attached hydrogens (tertiary/aromatic N) is 2. The van der Waals surface area contributed by atoms with Gasteiger partial charge < -0.3 is 5.32 Å². The lowest BCUT2D eigenvalue weighted by atomic mass is 9.85. The molecule has 2 atom stereocenters. The molecule has 1 aliphatic carbocycles. The number of rotatable bonds is 5. The van der Waals surface area contributed by atoms with Crippen LogP contribution in [0.15, 0.2) is 5.38 Å². The zero-order chi connectivity index (χ0) is 17.0. The molecule has 1 aliphatic rings. The predicted octanol–water partition coefficient (Wildman–Crippen LogP) is 3.73. The number of carbonyl (C=O) groups excluding carboxylic acids is 1. The lowest BCUT2D eigenvalue weighted by Crippen LogP contribution is -2.38. The highest BCUT2D eigenvalue weighted by atomic mass is 32.1. The van der Waals surface area contributed by atoms with Gasteiger partial charge in [0, 0.05) is 31.4 Å². The third-order valence-corrected chi connectivity index (χ3v) is 5.09. The molecule has 0 aromatic carbocycles. The van der Waals surface area contributed by atoms with Crippen LogP contribution < -0.4 is 10.2 Å². The van der Waals surface area contributed by atoms with Gasteiger partial charge in [0.05, 0.1) is 11.6 Å². The van der Waals surface area contributed by atoms with Crippen molar-refractivity contribution >= 4 is 22.4 Å². The number of hydrogen-bond donors (Lipinski definition) is 1. The predicted molar refractivity (Wildman–Crippen MR) is 84.5 cm³/mol. The largest absolute Gasteiger partial charge is 0.391 e. The first-order valence-corrected chi connectivity index (χ1v) is 8.71. The molecule has 1 saturated carbocycles. The fraction of sp³-hybridized carbons (Fsp3) is 0.733. The second kappa shape index (κ2) is 7.61. The van der Waals surface area contributed by atoms with Crippen molar-refractivity contribution in [1.29, 1.82) is 0 Å². The molecule has 130 valence electrons. The lowest BCUT2D eigenvalue weighted by molar-refractivity contribution is -0.183. The second-order valence-corrected chi connectivity index (χ2v) is 6.70. The van der Waals surface area contributed by atoms with E-state index < -0.39 is 12.1 Å². The Labute approximate surface area is 138 Å². The fourth-order valence-corrected chi connectivity index (χ4v) is 3.85. The SMILES string of the molecule is CCN(C(C)=O)c1nc(CNC2CCCC(C(F)(F)F)C2)cs1. The van der Waals surface area contributed by atoms with Crippen molar-refractivity contribution in [2.45, 2.75) is 58.3 Å². The molecule has 1 N–H and O–H groups in total. The van der Waals surface area contributed by atoms with Gasteiger partial charge in [0.2, 0.25) is 5.91 Å². The molecule has 1 heterocycles. The average Bonchev–Trinajstić information content (AvgIpc) is 2.93. The van der Waals surface area contributed by atoms with Crippen molar-refractivity contribution in [2.75, 3.05) is 11.4 Å². The maximum atomic E-state index is 12.8. The normalized spacial score (nSPS) is 22.1. The Balaban J connectivity index is 1.89. The second-order valence-electron chi connectivity index (χ2n) is 5.87. The fourth-order valence-electron chi connectivity index (χ4n) is 2.92. The molecule has 8 heteroatoms. The number of nitrogens with one attached hydrogen (secondary N) is 1. The van der Waals surface area contributed by atoms with Crippen LogP contribution in [0, 0.1) is 5.92 Å². The van der Waals surface area contributed by atoms with E-state index in [1.54, 1.807) is 4.90 Å². The summed E-state index contributed by atoms with van der Waals surface area (Å²) in [4.78, 5) is 17.5. The van der Waals surface area contributed by atoms with Crippen LogP contribution in [0.1, 0.15) is 45.2 Å². The van der Waals surface area contributed by atoms with Crippen LogP contribution in [0.3, 0.4) is 0 Å². The average molecular weight is 349 g/mol. The Morgan fingerprint density at radius 1 is 1.48 bits per heavy atom. The van der Waals surface area contributed by atoms with Crippen LogP contribution in [0.2, 0.25) is 0 Å². The van der Waals surface area contributed by atoms with Gasteiger partial charge in [-0.15, -0.1) is 11.3 Å². The van der Waals surface area contributed by atoms with Crippen molar-refractivity contribution in [3.8, 4) is 0 Å². The number of carbonyl (C=O) groups is 1. The Morgan fingerprint density at radius 3 is 2.83 bits per heavy atom. The number of amides is 1. The molecular formula is C15H22F3N3OS. The molecule has 0 bridgehead atoms. The molecular weight excluding hydrogens is 327 g/mol. The van der Waals surface area contributed by atoms with Gasteiger partial charge in [-0.2, -0.15) is 13.2 Å². The zero-order valence-corrected chi connectivity index (χ0v) is 14.1. The molecule has 1 fully saturated rings. The highest BCUT2D eigenvalue weighted by Gasteiger charge is 2.42. The molecule has 1 amide bonds. The molecule has 23 heavy (non-hydrogen) atoms. The van der Waals surface area contributed by atoms with Crippen molar-refractivity contribution in [3.05, 3.63) is 11.1 Å². The van der Waals surface area contributed by atoms with Gasteiger partial charge in [0.25, 0.3) is 0 Å². The van der Waals surface area contributed by atoms with Gasteiger partial charge in [-0.25, -0.2) is 4.98 Å². The maximum Gasteiger partial charge on any atom is 0.391 e. The van der Waals surface area contributed by atoms with Crippen LogP contribution >= 0.6 is 11.3 Å². The summed E-state index contributed by atoms with van der Waals surface area (Å²) in [6, 6.07) is -0.129. The summed E-state index contributed by atoms with van der Waals surface area (Å²) in [5.41, 5.74) is 0.763. The lowest BCUT2D eigenvalue weighted by Gasteiger charge is -2.31. The van der Waals surface area contributed by atoms with E-state index in [2.05, 4.69) is 10.3 Å². The van der Waals surface area contributed by atoms with E-state index in [0.717, 1.165) is 12.1 Å². The summed E-state index contributed by atoms with van der Waals surface area (Å²) >= 11 is 1.38. The molecule has 4 nitrogen and oxygen atoms in total. The zero-order valence-electron chi connectivity index (χ0n) is 13.3. The van der Waals surface area contributed by atoms with Crippen LogP contribution in [0.25, 0.3) is 0 Å². The molecule has 1 aromatic rings. The van der Waals surface area contributed by atoms with Gasteiger partial charge in [0.15, 0.2) is 5.13 Å². The van der Waals surface area contributed by atoms with Crippen LogP contribution in [0.4, 0.5) is 18.3 Å². The Kier molecular flexibility index (Phi) is 6.02. The number of thiazole rings is 1. The smallest absolute Gasteiger partial charge is 0.308 e. The van der Waals surface area contributed by atoms with E-state index in [0.29, 0.717) is 24.6 Å². The third kappa shape index (κ3) is 4.91. The first kappa shape index (κ1) is 18.2. The summed E-state index contributed by atoms with van der Waals surface area (Å²) in [5, 5.41) is 5.66. The number of hydrogen-bond acceptors (Lipinski definition) is 4. The van der Waals surface area contributed by atoms with E-state index in [4.69, 9.17) is 0 Å². The Bertz CT molecular complexity index is 532. The molecule has 2 rings (SSSR count). The minimum atomic E-state index is -4.10. The molecule has 0 aliphatic heterocycles. The number of aromatic nitrogens is 1. The van der Waals surface area contributed by atoms with Gasteiger partial charge in [0.1, 0.15) is 0 Å². The third-order valence-electron chi connectivity index (χ3n) is 4.18. The quantitative estimate of drug-likeness (QED) is 0.881. The Hall–Kier alpha value is -1.15. The monoisotopic (exact) mass is 349 g/mol. The summed E-state index contributed by atoms with van der Waals surface area (Å²) < 4.78 is 38.4. The summed E-state index contributed by atoms with van der Waals surface area (Å²) in [7, 11) is 0. The van der Waals surface area contributed by atoms with Gasteiger partial charge >= 0.3 is 6.18 Å². The van der Waals surface area contributed by atoms with E-state index in [-0.39, 0.29) is 24.8 Å². The molecule has 0 radical (unpaired) electrons. The van der Waals surface area contributed by atoms with Gasteiger partial charge in [-0.05, 0) is 26.2 Å². The molecule has 0 saturated heterocycles. The minimum Gasteiger partial charge on any atom is -0.308 e. The first-order valence-electron chi connectivity index (χ1n) is 7.83. The summed E-state index contributed by atoms with van der Waals surface area (Å²) in [5.74, 6) is -1.27. The summed E-state index contributed by atoms with van der Waals surface area (Å²) in [6.45, 7) is 4.34. The molecule has 1 aromatic heterocycles. The van der Waals surface area contributed by atoms with Crippen LogP contribution in [-0.4, -0.2) is 29.7 Å². The maximum absolute atomic E-state index is 12.8. The highest BCUT2D eigenvalue weighted by molar-refractivity contribution is 7.14. The van der Waals surface area contributed by atoms with Crippen molar-refractivity contribution < 1.29 is 18.0 Å². The molecule has 0 spiro atoms. The van der Waals surface area contributed by atoms with Crippen LogP contribution in [0.5, 0.6) is 0 Å². The standard InChI is InChI=1S/C15H22F3N3OS/c1-3-21(10(2)22)14-20-13(9-23-14)8-19-12-6-4-5-11(7-12)15(16,17)18/h9,11-12,19H,3-8H2,1-2H3. The van der Waals surface area contributed by atoms with Gasteiger partial charge in [-0.1, -0.05) is 6.42 Å². The van der Waals surface area contributed by atoms with Crippen molar-refractivity contribution in [3.63, 3.8) is 0 Å². The number of alkyl halides is 3. The van der Waals surface area contributed by atoms with E-state index in [1.165, 1.54) is 18.3 Å². The van der Waals surface area contributed by atoms with Crippen molar-refractivity contribution in [2.24, 2.45) is 5.92 Å². The van der Waals surface area contributed by atoms with E-state index >= 15 is 0 Å². The van der Waals surface area contributed by atoms with Gasteiger partial charge in [-0.3, -0.25) is 9.69 Å². The Morgan fingerprint density at radius 2 is 2.22 bits per heavy atom. The topological polar surface area (TPSA) is 45.2 Å². The van der Waals surface area contributed by atoms with E-state index in [1.807, 2.05) is 12.3 Å². The highest BCUT2D eigenvalue weighted by Crippen LogP contribution is 2.37. The molecule has 2 unspecified atom stereocenters. The van der Waals surface area contributed by atoms with Crippen LogP contribution in [-0.2, 0) is 11.3 Å². The number of halogens is 3. The summed E-state index contributed by atoms with van der Waals surface area (Å²) in [6.07, 6.45) is -2.38. The minimum absolute atomic E-state index is 0.0679. The van der Waals surface area contributed by atoms with E-state index in [9.17, 15) is 18.0 Å². The van der Waals surface area contributed by atoms with Crippen molar-refractivity contribution in [1.82, 2.24) is 10.3 Å².